The topological polar surface area (TPSA) is 94.3 Å². The third-order valence-corrected chi connectivity index (χ3v) is 6.70. The molecule has 4 aromatic rings. The summed E-state index contributed by atoms with van der Waals surface area (Å²) < 4.78 is 3.60. The Hall–Kier alpha value is -3.26. The van der Waals surface area contributed by atoms with Gasteiger partial charge in [-0.1, -0.05) is 75.4 Å². The lowest BCUT2D eigenvalue weighted by molar-refractivity contribution is 0.573. The molecule has 1 aromatic carbocycles. The molecule has 8 nitrogen and oxygen atoms in total. The van der Waals surface area contributed by atoms with Crippen LogP contribution in [0.25, 0.3) is 22.5 Å². The lowest BCUT2D eigenvalue weighted by atomic mass is 10.0. The summed E-state index contributed by atoms with van der Waals surface area (Å²) in [5.74, 6) is 0.522. The second kappa shape index (κ2) is 11.9. The highest BCUT2D eigenvalue weighted by Crippen LogP contribution is 2.29. The van der Waals surface area contributed by atoms with Crippen LogP contribution in [0.4, 0.5) is 0 Å². The van der Waals surface area contributed by atoms with Crippen LogP contribution in [0.1, 0.15) is 63.6 Å². The zero-order chi connectivity index (χ0) is 24.6. The summed E-state index contributed by atoms with van der Waals surface area (Å²) in [5.41, 5.74) is 4.73. The van der Waals surface area contributed by atoms with Gasteiger partial charge in [-0.15, -0.1) is 10.2 Å². The van der Waals surface area contributed by atoms with Gasteiger partial charge in [0.05, 0.1) is 12.2 Å². The summed E-state index contributed by atoms with van der Waals surface area (Å²) in [6.45, 7) is 5.49. The Morgan fingerprint density at radius 3 is 2.43 bits per heavy atom. The fraction of sp³-hybridized carbons (Fsp3) is 0.423. The molecule has 1 N–H and O–H groups in total. The van der Waals surface area contributed by atoms with Crippen LogP contribution in [0.5, 0.6) is 0 Å². The first-order valence-corrected chi connectivity index (χ1v) is 12.8. The van der Waals surface area contributed by atoms with Crippen molar-refractivity contribution in [3.63, 3.8) is 0 Å². The number of nitrogens with one attached hydrogen (secondary N) is 1. The third kappa shape index (κ3) is 5.70. The van der Waals surface area contributed by atoms with E-state index < -0.39 is 0 Å². The number of halogens is 1. The van der Waals surface area contributed by atoms with Crippen molar-refractivity contribution < 1.29 is 0 Å². The standard InChI is InChI=1S/C26H32ClN7O/c1-3-5-7-9-23-24(27)33(16-8-6-4-2)26(35)34(23)18-19-10-12-20(13-11-19)22-17-28-15-14-21(22)25-29-31-32-30-25/h10-15,17H,3-9,16,18H2,1-2H3,(H,29,30,31,32). The molecule has 0 unspecified atom stereocenters. The quantitative estimate of drug-likeness (QED) is 0.262. The van der Waals surface area contributed by atoms with Gasteiger partial charge in [-0.2, -0.15) is 5.21 Å². The first-order valence-electron chi connectivity index (χ1n) is 12.4. The average molecular weight is 494 g/mol. The molecular formula is C26H32ClN7O. The molecule has 9 heteroatoms. The van der Waals surface area contributed by atoms with E-state index in [4.69, 9.17) is 11.6 Å². The van der Waals surface area contributed by atoms with Crippen molar-refractivity contribution in [2.45, 2.75) is 71.9 Å². The molecule has 0 aliphatic heterocycles. The van der Waals surface area contributed by atoms with Crippen LogP contribution in [0.15, 0.2) is 47.5 Å². The van der Waals surface area contributed by atoms with Gasteiger partial charge in [0, 0.05) is 30.1 Å². The second-order valence-corrected chi connectivity index (χ2v) is 9.13. The molecule has 0 saturated carbocycles. The van der Waals surface area contributed by atoms with Gasteiger partial charge in [-0.3, -0.25) is 14.1 Å². The van der Waals surface area contributed by atoms with Gasteiger partial charge >= 0.3 is 5.69 Å². The van der Waals surface area contributed by atoms with Gasteiger partial charge in [0.1, 0.15) is 5.15 Å². The molecule has 0 aliphatic carbocycles. The predicted octanol–water partition coefficient (Wildman–Crippen LogP) is 5.52. The highest BCUT2D eigenvalue weighted by atomic mass is 35.5. The number of pyridine rings is 1. The zero-order valence-corrected chi connectivity index (χ0v) is 21.1. The van der Waals surface area contributed by atoms with Crippen molar-refractivity contribution in [1.82, 2.24) is 34.7 Å². The number of H-pyrrole nitrogens is 1. The SMILES string of the molecule is CCCCCc1c(Cl)n(CCCCC)c(=O)n1Cc1ccc(-c2cnccc2-c2nn[nH]n2)cc1. The van der Waals surface area contributed by atoms with E-state index in [1.54, 1.807) is 17.0 Å². The molecule has 35 heavy (non-hydrogen) atoms. The maximum Gasteiger partial charge on any atom is 0.329 e. The van der Waals surface area contributed by atoms with Gasteiger partial charge < -0.3 is 0 Å². The normalized spacial score (nSPS) is 11.3. The molecule has 0 saturated heterocycles. The minimum Gasteiger partial charge on any atom is -0.290 e. The van der Waals surface area contributed by atoms with Crippen LogP contribution in [0.3, 0.4) is 0 Å². The molecule has 3 aromatic heterocycles. The monoisotopic (exact) mass is 493 g/mol. The number of aromatic amines is 1. The first-order chi connectivity index (χ1) is 17.1. The van der Waals surface area contributed by atoms with Crippen molar-refractivity contribution >= 4 is 11.6 Å². The number of nitrogens with zero attached hydrogens (tertiary/aromatic N) is 6. The molecule has 4 rings (SSSR count). The summed E-state index contributed by atoms with van der Waals surface area (Å²) in [5, 5.41) is 15.0. The number of tetrazole rings is 1. The van der Waals surface area contributed by atoms with Gasteiger partial charge in [0.25, 0.3) is 0 Å². The highest BCUT2D eigenvalue weighted by molar-refractivity contribution is 6.30. The smallest absolute Gasteiger partial charge is 0.290 e. The number of unbranched alkanes of at least 4 members (excludes halogenated alkanes) is 4. The lowest BCUT2D eigenvalue weighted by Gasteiger charge is -2.10. The Morgan fingerprint density at radius 1 is 0.943 bits per heavy atom. The van der Waals surface area contributed by atoms with Gasteiger partial charge in [-0.05, 0) is 41.7 Å². The van der Waals surface area contributed by atoms with E-state index >= 15 is 0 Å². The fourth-order valence-electron chi connectivity index (χ4n) is 4.34. The molecule has 0 atom stereocenters. The van der Waals surface area contributed by atoms with Crippen molar-refractivity contribution in [2.75, 3.05) is 0 Å². The molecule has 0 spiro atoms. The lowest BCUT2D eigenvalue weighted by Crippen LogP contribution is -2.26. The number of hydrogen-bond acceptors (Lipinski definition) is 5. The number of benzene rings is 1. The summed E-state index contributed by atoms with van der Waals surface area (Å²) in [6, 6.07) is 10.1. The highest BCUT2D eigenvalue weighted by Gasteiger charge is 2.18. The molecule has 0 fully saturated rings. The maximum absolute atomic E-state index is 13.3. The molecule has 0 aliphatic rings. The Kier molecular flexibility index (Phi) is 8.47. The predicted molar refractivity (Wildman–Crippen MR) is 138 cm³/mol. The Labute approximate surface area is 210 Å². The van der Waals surface area contributed by atoms with Crippen molar-refractivity contribution in [1.29, 1.82) is 0 Å². The van der Waals surface area contributed by atoms with E-state index in [9.17, 15) is 4.79 Å². The summed E-state index contributed by atoms with van der Waals surface area (Å²) in [6.07, 6.45) is 10.7. The van der Waals surface area contributed by atoms with E-state index in [1.165, 1.54) is 0 Å². The van der Waals surface area contributed by atoms with Crippen LogP contribution < -0.4 is 5.69 Å². The molecule has 0 amide bonds. The minimum absolute atomic E-state index is 0.0201. The largest absolute Gasteiger partial charge is 0.329 e. The molecule has 0 bridgehead atoms. The number of rotatable bonds is 12. The van der Waals surface area contributed by atoms with Crippen molar-refractivity contribution in [2.24, 2.45) is 0 Å². The Balaban J connectivity index is 1.61. The Morgan fingerprint density at radius 2 is 1.71 bits per heavy atom. The minimum atomic E-state index is -0.0201. The van der Waals surface area contributed by atoms with E-state index in [0.717, 1.165) is 72.9 Å². The van der Waals surface area contributed by atoms with Gasteiger partial charge in [-0.25, -0.2) is 4.79 Å². The van der Waals surface area contributed by atoms with E-state index in [0.29, 0.717) is 24.1 Å². The second-order valence-electron chi connectivity index (χ2n) is 8.78. The Bertz CT molecular complexity index is 1280. The summed E-state index contributed by atoms with van der Waals surface area (Å²) in [4.78, 5) is 17.6. The molecule has 0 radical (unpaired) electrons. The van der Waals surface area contributed by atoms with Crippen LogP contribution in [0, 0.1) is 0 Å². The average Bonchev–Trinajstić information content (AvgIpc) is 3.49. The maximum atomic E-state index is 13.3. The number of hydrogen-bond donors (Lipinski definition) is 1. The van der Waals surface area contributed by atoms with Crippen molar-refractivity contribution in [3.8, 4) is 22.5 Å². The number of aromatic nitrogens is 7. The van der Waals surface area contributed by atoms with Crippen LogP contribution in [0.2, 0.25) is 5.15 Å². The zero-order valence-electron chi connectivity index (χ0n) is 20.4. The van der Waals surface area contributed by atoms with E-state index in [1.807, 2.05) is 34.9 Å². The third-order valence-electron chi connectivity index (χ3n) is 6.28. The molecule has 184 valence electrons. The van der Waals surface area contributed by atoms with E-state index in [2.05, 4.69) is 39.5 Å². The van der Waals surface area contributed by atoms with Crippen LogP contribution in [-0.2, 0) is 19.5 Å². The first kappa shape index (κ1) is 24.9. The summed E-state index contributed by atoms with van der Waals surface area (Å²) >= 11 is 6.75. The van der Waals surface area contributed by atoms with Crippen molar-refractivity contribution in [3.05, 3.63) is 69.6 Å². The molecular weight excluding hydrogens is 462 g/mol. The van der Waals surface area contributed by atoms with Gasteiger partial charge in [0.2, 0.25) is 5.82 Å². The van der Waals surface area contributed by atoms with Gasteiger partial charge in [0.15, 0.2) is 0 Å². The fourth-order valence-corrected chi connectivity index (χ4v) is 4.69. The van der Waals surface area contributed by atoms with E-state index in [-0.39, 0.29) is 5.69 Å². The van der Waals surface area contributed by atoms with Crippen LogP contribution in [-0.4, -0.2) is 34.7 Å². The number of imidazole rings is 1. The molecule has 3 heterocycles. The summed E-state index contributed by atoms with van der Waals surface area (Å²) in [7, 11) is 0. The van der Waals surface area contributed by atoms with Crippen LogP contribution >= 0.6 is 11.6 Å².